The molecule has 2 aromatic rings. The summed E-state index contributed by atoms with van der Waals surface area (Å²) < 4.78 is 5.75. The largest absolute Gasteiger partial charge is 0.493 e. The fraction of sp³-hybridized carbons (Fsp3) is 0.368. The van der Waals surface area contributed by atoms with Crippen LogP contribution in [0.25, 0.3) is 0 Å². The minimum Gasteiger partial charge on any atom is -0.493 e. The smallest absolute Gasteiger partial charge is 0.220 e. The van der Waals surface area contributed by atoms with Crippen molar-refractivity contribution in [1.82, 2.24) is 4.98 Å². The molecular formula is C19H24N2O2. The number of aryl methyl sites for hydroxylation is 1. The third-order valence-electron chi connectivity index (χ3n) is 3.87. The SMILES string of the molecule is CCC(Cc1ccc(OCCc2cccc(C)n2)cc1)C(N)=O. The first kappa shape index (κ1) is 17.0. The number of pyridine rings is 1. The van der Waals surface area contributed by atoms with E-state index < -0.39 is 0 Å². The van der Waals surface area contributed by atoms with Crippen LogP contribution in [0.1, 0.15) is 30.3 Å². The maximum atomic E-state index is 11.3. The van der Waals surface area contributed by atoms with Crippen LogP contribution >= 0.6 is 0 Å². The standard InChI is InChI=1S/C19H24N2O2/c1-3-16(19(20)22)13-15-7-9-18(10-8-15)23-12-11-17-6-4-5-14(2)21-17/h4-10,16H,3,11-13H2,1-2H3,(H2,20,22). The molecule has 23 heavy (non-hydrogen) atoms. The predicted octanol–water partition coefficient (Wildman–Crippen LogP) is 3.07. The highest BCUT2D eigenvalue weighted by Crippen LogP contribution is 2.17. The van der Waals surface area contributed by atoms with Gasteiger partial charge in [-0.3, -0.25) is 9.78 Å². The molecule has 2 N–H and O–H groups in total. The maximum Gasteiger partial charge on any atom is 0.220 e. The first-order chi connectivity index (χ1) is 11.1. The summed E-state index contributed by atoms with van der Waals surface area (Å²) in [6, 6.07) is 13.9. The molecule has 0 saturated carbocycles. The maximum absolute atomic E-state index is 11.3. The Kier molecular flexibility index (Phi) is 6.15. The average Bonchev–Trinajstić information content (AvgIpc) is 2.54. The topological polar surface area (TPSA) is 65.2 Å². The first-order valence-electron chi connectivity index (χ1n) is 8.02. The van der Waals surface area contributed by atoms with Crippen molar-refractivity contribution in [3.63, 3.8) is 0 Å². The molecule has 4 nitrogen and oxygen atoms in total. The minimum atomic E-state index is -0.238. The number of nitrogens with two attached hydrogens (primary N) is 1. The van der Waals surface area contributed by atoms with Crippen LogP contribution in [0.2, 0.25) is 0 Å². The molecule has 0 aliphatic carbocycles. The molecule has 0 fully saturated rings. The molecule has 0 bridgehead atoms. The average molecular weight is 312 g/mol. The number of hydrogen-bond acceptors (Lipinski definition) is 3. The number of ether oxygens (including phenoxy) is 1. The van der Waals surface area contributed by atoms with Crippen molar-refractivity contribution in [2.24, 2.45) is 11.7 Å². The van der Waals surface area contributed by atoms with E-state index in [4.69, 9.17) is 10.5 Å². The number of aromatic nitrogens is 1. The third kappa shape index (κ3) is 5.40. The normalized spacial score (nSPS) is 11.9. The highest BCUT2D eigenvalue weighted by atomic mass is 16.5. The Morgan fingerprint density at radius 3 is 2.57 bits per heavy atom. The lowest BCUT2D eigenvalue weighted by Crippen LogP contribution is -2.24. The summed E-state index contributed by atoms with van der Waals surface area (Å²) in [6.45, 7) is 4.56. The summed E-state index contributed by atoms with van der Waals surface area (Å²) >= 11 is 0. The Morgan fingerprint density at radius 1 is 1.22 bits per heavy atom. The Morgan fingerprint density at radius 2 is 1.96 bits per heavy atom. The number of primary amides is 1. The molecule has 0 spiro atoms. The molecule has 122 valence electrons. The van der Waals surface area contributed by atoms with Gasteiger partial charge in [-0.2, -0.15) is 0 Å². The Labute approximate surface area is 137 Å². The fourth-order valence-corrected chi connectivity index (χ4v) is 2.46. The van der Waals surface area contributed by atoms with E-state index in [0.29, 0.717) is 13.0 Å². The minimum absolute atomic E-state index is 0.103. The van der Waals surface area contributed by atoms with E-state index in [1.807, 2.05) is 56.3 Å². The second-order valence-corrected chi connectivity index (χ2v) is 5.72. The second-order valence-electron chi connectivity index (χ2n) is 5.72. The van der Waals surface area contributed by atoms with Gasteiger partial charge in [0.25, 0.3) is 0 Å². The zero-order valence-corrected chi connectivity index (χ0v) is 13.8. The van der Waals surface area contributed by atoms with Gasteiger partial charge in [0.05, 0.1) is 6.61 Å². The van der Waals surface area contributed by atoms with Gasteiger partial charge in [0.1, 0.15) is 5.75 Å². The van der Waals surface area contributed by atoms with Crippen LogP contribution in [0, 0.1) is 12.8 Å². The van der Waals surface area contributed by atoms with E-state index in [9.17, 15) is 4.79 Å². The monoisotopic (exact) mass is 312 g/mol. The van der Waals surface area contributed by atoms with Gasteiger partial charge >= 0.3 is 0 Å². The molecule has 1 heterocycles. The van der Waals surface area contributed by atoms with Crippen molar-refractivity contribution in [1.29, 1.82) is 0 Å². The molecule has 1 aromatic carbocycles. The van der Waals surface area contributed by atoms with Crippen molar-refractivity contribution in [2.45, 2.75) is 33.1 Å². The molecule has 0 radical (unpaired) electrons. The Balaban J connectivity index is 1.84. The van der Waals surface area contributed by atoms with Crippen molar-refractivity contribution in [3.05, 3.63) is 59.4 Å². The number of carbonyl (C=O) groups is 1. The van der Waals surface area contributed by atoms with Gasteiger partial charge in [0.15, 0.2) is 0 Å². The van der Waals surface area contributed by atoms with Gasteiger partial charge in [0, 0.05) is 23.7 Å². The summed E-state index contributed by atoms with van der Waals surface area (Å²) in [5.41, 5.74) is 8.54. The molecule has 4 heteroatoms. The number of nitrogens with zero attached hydrogens (tertiary/aromatic N) is 1. The second kappa shape index (κ2) is 8.32. The number of benzene rings is 1. The van der Waals surface area contributed by atoms with Crippen molar-refractivity contribution in [3.8, 4) is 5.75 Å². The van der Waals surface area contributed by atoms with E-state index in [2.05, 4.69) is 4.98 Å². The quantitative estimate of drug-likeness (QED) is 0.814. The van der Waals surface area contributed by atoms with E-state index in [-0.39, 0.29) is 11.8 Å². The van der Waals surface area contributed by atoms with Gasteiger partial charge in [0.2, 0.25) is 5.91 Å². The van der Waals surface area contributed by atoms with Gasteiger partial charge in [-0.15, -0.1) is 0 Å². The summed E-state index contributed by atoms with van der Waals surface area (Å²) in [5, 5.41) is 0. The predicted molar refractivity (Wildman–Crippen MR) is 91.3 cm³/mol. The lowest BCUT2D eigenvalue weighted by atomic mass is 9.96. The van der Waals surface area contributed by atoms with Gasteiger partial charge in [-0.1, -0.05) is 25.1 Å². The molecule has 1 atom stereocenters. The summed E-state index contributed by atoms with van der Waals surface area (Å²) in [5.74, 6) is 0.487. The Hall–Kier alpha value is -2.36. The van der Waals surface area contributed by atoms with Crippen molar-refractivity contribution in [2.75, 3.05) is 6.61 Å². The van der Waals surface area contributed by atoms with Crippen LogP contribution in [0.5, 0.6) is 5.75 Å². The zero-order valence-electron chi connectivity index (χ0n) is 13.8. The molecule has 0 aliphatic heterocycles. The molecule has 2 rings (SSSR count). The number of rotatable bonds is 8. The summed E-state index contributed by atoms with van der Waals surface area (Å²) in [4.78, 5) is 15.7. The molecule has 0 saturated heterocycles. The van der Waals surface area contributed by atoms with Crippen molar-refractivity contribution < 1.29 is 9.53 Å². The van der Waals surface area contributed by atoms with E-state index in [1.54, 1.807) is 0 Å². The lowest BCUT2D eigenvalue weighted by Gasteiger charge is -2.11. The molecule has 1 unspecified atom stereocenters. The first-order valence-corrected chi connectivity index (χ1v) is 8.02. The fourth-order valence-electron chi connectivity index (χ4n) is 2.46. The summed E-state index contributed by atoms with van der Waals surface area (Å²) in [6.07, 6.45) is 2.22. The van der Waals surface area contributed by atoms with Crippen LogP contribution in [-0.2, 0) is 17.6 Å². The van der Waals surface area contributed by atoms with Gasteiger partial charge in [-0.05, 0) is 49.6 Å². The molecule has 1 amide bonds. The van der Waals surface area contributed by atoms with E-state index >= 15 is 0 Å². The molecule has 0 aliphatic rings. The van der Waals surface area contributed by atoms with Gasteiger partial charge < -0.3 is 10.5 Å². The molecular weight excluding hydrogens is 288 g/mol. The van der Waals surface area contributed by atoms with Crippen LogP contribution < -0.4 is 10.5 Å². The summed E-state index contributed by atoms with van der Waals surface area (Å²) in [7, 11) is 0. The van der Waals surface area contributed by atoms with Gasteiger partial charge in [-0.25, -0.2) is 0 Å². The number of hydrogen-bond donors (Lipinski definition) is 1. The van der Waals surface area contributed by atoms with Crippen LogP contribution in [0.3, 0.4) is 0 Å². The highest BCUT2D eigenvalue weighted by molar-refractivity contribution is 5.76. The molecule has 1 aromatic heterocycles. The highest BCUT2D eigenvalue weighted by Gasteiger charge is 2.13. The number of carbonyl (C=O) groups excluding carboxylic acids is 1. The van der Waals surface area contributed by atoms with Crippen molar-refractivity contribution >= 4 is 5.91 Å². The lowest BCUT2D eigenvalue weighted by molar-refractivity contribution is -0.121. The third-order valence-corrected chi connectivity index (χ3v) is 3.87. The van der Waals surface area contributed by atoms with Crippen LogP contribution in [-0.4, -0.2) is 17.5 Å². The van der Waals surface area contributed by atoms with Crippen LogP contribution in [0.4, 0.5) is 0 Å². The van der Waals surface area contributed by atoms with E-state index in [0.717, 1.165) is 35.5 Å². The Bertz CT molecular complexity index is 638. The zero-order chi connectivity index (χ0) is 16.7. The van der Waals surface area contributed by atoms with Crippen LogP contribution in [0.15, 0.2) is 42.5 Å². The van der Waals surface area contributed by atoms with E-state index in [1.165, 1.54) is 0 Å². The number of amides is 1.